The van der Waals surface area contributed by atoms with E-state index in [0.29, 0.717) is 19.4 Å². The third kappa shape index (κ3) is 5.22. The van der Waals surface area contributed by atoms with Crippen molar-refractivity contribution < 1.29 is 19.4 Å². The fourth-order valence-electron chi connectivity index (χ4n) is 2.52. The summed E-state index contributed by atoms with van der Waals surface area (Å²) in [5.74, 6) is -0.332. The van der Waals surface area contributed by atoms with E-state index in [2.05, 4.69) is 15.5 Å². The molecule has 0 aromatic carbocycles. The van der Waals surface area contributed by atoms with E-state index in [1.165, 1.54) is 12.5 Å². The van der Waals surface area contributed by atoms with Gasteiger partial charge in [-0.15, -0.1) is 0 Å². The minimum Gasteiger partial charge on any atom is -0.480 e. The molecule has 1 unspecified atom stereocenters. The maximum atomic E-state index is 11.0. The van der Waals surface area contributed by atoms with Gasteiger partial charge in [0.1, 0.15) is 6.04 Å². The molecule has 1 saturated carbocycles. The lowest BCUT2D eigenvalue weighted by molar-refractivity contribution is -0.141. The maximum Gasteiger partial charge on any atom is 0.326 e. The van der Waals surface area contributed by atoms with Gasteiger partial charge < -0.3 is 25.4 Å². The minimum atomic E-state index is -1.00. The number of aliphatic carboxylic acids is 1. The molecule has 2 fully saturated rings. The van der Waals surface area contributed by atoms with Crippen LogP contribution in [0.4, 0.5) is 0 Å². The van der Waals surface area contributed by atoms with Gasteiger partial charge in [0, 0.05) is 33.1 Å². The molecule has 1 heterocycles. The first kappa shape index (κ1) is 16.6. The molecule has 1 saturated heterocycles. The molecule has 7 heteroatoms. The maximum absolute atomic E-state index is 11.0. The predicted octanol–water partition coefficient (Wildman–Crippen LogP) is 0.283. The highest BCUT2D eigenvalue weighted by molar-refractivity contribution is 5.81. The summed E-state index contributed by atoms with van der Waals surface area (Å²) in [5, 5.41) is 14.8. The molecular weight excluding hydrogens is 286 g/mol. The summed E-state index contributed by atoms with van der Waals surface area (Å²) < 4.78 is 5.91. The van der Waals surface area contributed by atoms with E-state index in [1.807, 2.05) is 0 Å². The molecule has 2 rings (SSSR count). The number of hydrogen-bond donors (Lipinski definition) is 3. The van der Waals surface area contributed by atoms with Crippen molar-refractivity contribution in [3.8, 4) is 0 Å². The number of nitrogens with zero attached hydrogens (tertiary/aromatic N) is 1. The van der Waals surface area contributed by atoms with Gasteiger partial charge in [-0.05, 0) is 31.3 Å². The molecule has 1 aliphatic carbocycles. The molecule has 2 aliphatic rings. The summed E-state index contributed by atoms with van der Waals surface area (Å²) in [7, 11) is 0. The van der Waals surface area contributed by atoms with Gasteiger partial charge in [0.05, 0.1) is 6.61 Å². The zero-order valence-corrected chi connectivity index (χ0v) is 13.1. The fraction of sp³-hybridized carbons (Fsp3) is 0.733. The lowest BCUT2D eigenvalue weighted by atomic mass is 10.1. The fourth-order valence-corrected chi connectivity index (χ4v) is 2.52. The highest BCUT2D eigenvalue weighted by atomic mass is 16.5. The molecular formula is C15H25N3O4. The van der Waals surface area contributed by atoms with Crippen LogP contribution in [0.25, 0.3) is 0 Å². The SMILES string of the molecule is CC(=O)NC(CCCOC(=C1CC1)N1CCNCC1)C(=O)O. The largest absolute Gasteiger partial charge is 0.480 e. The van der Waals surface area contributed by atoms with Crippen LogP contribution in [0.15, 0.2) is 11.5 Å². The molecule has 0 aromatic rings. The standard InChI is InChI=1S/C15H25N3O4/c1-11(19)17-13(15(20)21)3-2-10-22-14(12-4-5-12)18-8-6-16-7-9-18/h13,16H,2-10H2,1H3,(H,17,19)(H,20,21). The number of carboxylic acids is 1. The predicted molar refractivity (Wildman–Crippen MR) is 81.1 cm³/mol. The molecule has 7 nitrogen and oxygen atoms in total. The van der Waals surface area contributed by atoms with E-state index in [1.54, 1.807) is 0 Å². The van der Waals surface area contributed by atoms with Crippen molar-refractivity contribution in [3.05, 3.63) is 11.5 Å². The lowest BCUT2D eigenvalue weighted by Crippen LogP contribution is -2.43. The van der Waals surface area contributed by atoms with Crippen LogP contribution in [-0.4, -0.2) is 60.7 Å². The number of ether oxygens (including phenoxy) is 1. The van der Waals surface area contributed by atoms with E-state index in [9.17, 15) is 9.59 Å². The van der Waals surface area contributed by atoms with Crippen LogP contribution in [-0.2, 0) is 14.3 Å². The van der Waals surface area contributed by atoms with Crippen LogP contribution >= 0.6 is 0 Å². The van der Waals surface area contributed by atoms with Gasteiger partial charge in [-0.2, -0.15) is 0 Å². The Hall–Kier alpha value is -1.76. The number of carbonyl (C=O) groups excluding carboxylic acids is 1. The van der Waals surface area contributed by atoms with Crippen LogP contribution in [0.2, 0.25) is 0 Å². The molecule has 3 N–H and O–H groups in total. The minimum absolute atomic E-state index is 0.324. The van der Waals surface area contributed by atoms with Crippen molar-refractivity contribution in [2.24, 2.45) is 0 Å². The number of carbonyl (C=O) groups is 2. The molecule has 0 spiro atoms. The van der Waals surface area contributed by atoms with Gasteiger partial charge >= 0.3 is 5.97 Å². The van der Waals surface area contributed by atoms with E-state index >= 15 is 0 Å². The molecule has 1 aliphatic heterocycles. The van der Waals surface area contributed by atoms with Crippen LogP contribution in [0.3, 0.4) is 0 Å². The third-order valence-electron chi connectivity index (χ3n) is 3.76. The highest BCUT2D eigenvalue weighted by Gasteiger charge is 2.25. The summed E-state index contributed by atoms with van der Waals surface area (Å²) in [6.45, 7) is 5.62. The average Bonchev–Trinajstić information content (AvgIpc) is 3.31. The number of piperazine rings is 1. The average molecular weight is 311 g/mol. The molecule has 0 radical (unpaired) electrons. The molecule has 124 valence electrons. The molecule has 1 atom stereocenters. The van der Waals surface area contributed by atoms with Crippen molar-refractivity contribution in [3.63, 3.8) is 0 Å². The van der Waals surface area contributed by atoms with Crippen molar-refractivity contribution >= 4 is 11.9 Å². The third-order valence-corrected chi connectivity index (χ3v) is 3.76. The number of allylic oxidation sites excluding steroid dienone is 1. The van der Waals surface area contributed by atoms with Gasteiger partial charge in [0.15, 0.2) is 5.88 Å². The van der Waals surface area contributed by atoms with Crippen molar-refractivity contribution in [2.75, 3.05) is 32.8 Å². The second-order valence-corrected chi connectivity index (χ2v) is 5.73. The number of rotatable bonds is 8. The molecule has 0 bridgehead atoms. The Bertz CT molecular complexity index is 438. The highest BCUT2D eigenvalue weighted by Crippen LogP contribution is 2.33. The quantitative estimate of drug-likeness (QED) is 0.441. The Morgan fingerprint density at radius 1 is 1.36 bits per heavy atom. The summed E-state index contributed by atoms with van der Waals surface area (Å²) in [6, 6.07) is -0.836. The Labute approximate surface area is 130 Å². The van der Waals surface area contributed by atoms with E-state index in [4.69, 9.17) is 9.84 Å². The van der Waals surface area contributed by atoms with Crippen LogP contribution in [0.5, 0.6) is 0 Å². The van der Waals surface area contributed by atoms with E-state index in [-0.39, 0.29) is 5.91 Å². The number of nitrogens with one attached hydrogen (secondary N) is 2. The Balaban J connectivity index is 1.75. The summed E-state index contributed by atoms with van der Waals surface area (Å²) in [5.41, 5.74) is 1.36. The van der Waals surface area contributed by atoms with Gasteiger partial charge in [-0.1, -0.05) is 0 Å². The van der Waals surface area contributed by atoms with Crippen LogP contribution in [0.1, 0.15) is 32.6 Å². The van der Waals surface area contributed by atoms with Gasteiger partial charge in [-0.3, -0.25) is 4.79 Å². The van der Waals surface area contributed by atoms with Crippen molar-refractivity contribution in [1.82, 2.24) is 15.5 Å². The zero-order chi connectivity index (χ0) is 15.9. The van der Waals surface area contributed by atoms with Crippen LogP contribution < -0.4 is 10.6 Å². The Morgan fingerprint density at radius 2 is 2.05 bits per heavy atom. The molecule has 1 amide bonds. The molecule has 0 aromatic heterocycles. The Morgan fingerprint density at radius 3 is 2.59 bits per heavy atom. The topological polar surface area (TPSA) is 90.9 Å². The van der Waals surface area contributed by atoms with Crippen molar-refractivity contribution in [2.45, 2.75) is 38.6 Å². The number of carboxylic acid groups (broad SMARTS) is 1. The van der Waals surface area contributed by atoms with Gasteiger partial charge in [-0.25, -0.2) is 4.79 Å². The molecule has 22 heavy (non-hydrogen) atoms. The summed E-state index contributed by atoms with van der Waals surface area (Å²) in [4.78, 5) is 24.3. The summed E-state index contributed by atoms with van der Waals surface area (Å²) in [6.07, 6.45) is 3.17. The van der Waals surface area contributed by atoms with Gasteiger partial charge in [0.25, 0.3) is 0 Å². The number of amides is 1. The monoisotopic (exact) mass is 311 g/mol. The lowest BCUT2D eigenvalue weighted by Gasteiger charge is -2.31. The first-order valence-electron chi connectivity index (χ1n) is 7.88. The smallest absolute Gasteiger partial charge is 0.326 e. The van der Waals surface area contributed by atoms with E-state index in [0.717, 1.165) is 44.9 Å². The normalized spacial score (nSPS) is 18.6. The zero-order valence-electron chi connectivity index (χ0n) is 13.1. The second-order valence-electron chi connectivity index (χ2n) is 5.73. The summed E-state index contributed by atoms with van der Waals surface area (Å²) >= 11 is 0. The van der Waals surface area contributed by atoms with E-state index < -0.39 is 12.0 Å². The first-order chi connectivity index (χ1) is 10.6. The van der Waals surface area contributed by atoms with Crippen molar-refractivity contribution in [1.29, 1.82) is 0 Å². The van der Waals surface area contributed by atoms with Crippen LogP contribution in [0, 0.1) is 0 Å². The number of hydrogen-bond acceptors (Lipinski definition) is 5. The Kier molecular flexibility index (Phi) is 6.06. The second kappa shape index (κ2) is 8.03. The first-order valence-corrected chi connectivity index (χ1v) is 7.88. The van der Waals surface area contributed by atoms with Gasteiger partial charge in [0.2, 0.25) is 5.91 Å².